The molecule has 1 heterocycles. The highest BCUT2D eigenvalue weighted by Gasteiger charge is 2.19. The number of aromatic nitrogens is 1. The van der Waals surface area contributed by atoms with Crippen molar-refractivity contribution in [2.75, 3.05) is 6.54 Å². The lowest BCUT2D eigenvalue weighted by molar-refractivity contribution is 0.557. The molecule has 17 heavy (non-hydrogen) atoms. The van der Waals surface area contributed by atoms with Gasteiger partial charge in [-0.05, 0) is 24.7 Å². The van der Waals surface area contributed by atoms with E-state index in [0.29, 0.717) is 5.56 Å². The zero-order valence-corrected chi connectivity index (χ0v) is 11.7. The van der Waals surface area contributed by atoms with Crippen LogP contribution in [0, 0.1) is 5.82 Å². The number of nitrogens with one attached hydrogen (secondary N) is 1. The predicted octanol–water partition coefficient (Wildman–Crippen LogP) is 3.74. The van der Waals surface area contributed by atoms with Crippen molar-refractivity contribution in [1.82, 2.24) is 10.3 Å². The minimum absolute atomic E-state index is 0.183. The molecule has 0 radical (unpaired) electrons. The normalized spacial score (nSPS) is 12.6. The van der Waals surface area contributed by atoms with Gasteiger partial charge in [-0.15, -0.1) is 11.3 Å². The van der Waals surface area contributed by atoms with Crippen LogP contribution in [0.2, 0.25) is 0 Å². The number of hydrogen-bond acceptors (Lipinski definition) is 3. The monoisotopic (exact) mass is 314 g/mol. The summed E-state index contributed by atoms with van der Waals surface area (Å²) in [5.41, 5.74) is 0.621. The molecular weight excluding hydrogens is 303 g/mol. The van der Waals surface area contributed by atoms with Crippen molar-refractivity contribution in [2.45, 2.75) is 13.0 Å². The van der Waals surface area contributed by atoms with Crippen LogP contribution in [0.4, 0.5) is 4.39 Å². The molecule has 1 N–H and O–H groups in total. The summed E-state index contributed by atoms with van der Waals surface area (Å²) in [4.78, 5) is 4.26. The number of thiazole rings is 1. The van der Waals surface area contributed by atoms with Gasteiger partial charge in [0.15, 0.2) is 0 Å². The van der Waals surface area contributed by atoms with Gasteiger partial charge in [-0.1, -0.05) is 22.9 Å². The van der Waals surface area contributed by atoms with Gasteiger partial charge in [0.2, 0.25) is 0 Å². The van der Waals surface area contributed by atoms with Gasteiger partial charge in [-0.25, -0.2) is 9.37 Å². The van der Waals surface area contributed by atoms with Crippen molar-refractivity contribution in [2.24, 2.45) is 0 Å². The van der Waals surface area contributed by atoms with Crippen molar-refractivity contribution in [3.05, 3.63) is 50.6 Å². The fourth-order valence-electron chi connectivity index (χ4n) is 1.65. The maximum absolute atomic E-state index is 13.9. The van der Waals surface area contributed by atoms with Crippen LogP contribution in [0.15, 0.2) is 34.2 Å². The van der Waals surface area contributed by atoms with Crippen molar-refractivity contribution in [3.63, 3.8) is 0 Å². The maximum Gasteiger partial charge on any atom is 0.128 e. The first-order chi connectivity index (χ1) is 8.22. The van der Waals surface area contributed by atoms with Crippen LogP contribution in [-0.2, 0) is 0 Å². The van der Waals surface area contributed by atoms with E-state index in [0.717, 1.165) is 16.0 Å². The van der Waals surface area contributed by atoms with Crippen LogP contribution in [0.1, 0.15) is 23.5 Å². The van der Waals surface area contributed by atoms with E-state index in [9.17, 15) is 4.39 Å². The largest absolute Gasteiger partial charge is 0.304 e. The Kier molecular flexibility index (Phi) is 4.25. The molecule has 1 unspecified atom stereocenters. The first-order valence-corrected chi connectivity index (χ1v) is 6.97. The molecule has 0 aliphatic carbocycles. The summed E-state index contributed by atoms with van der Waals surface area (Å²) in [6, 6.07) is 4.78. The predicted molar refractivity (Wildman–Crippen MR) is 71.7 cm³/mol. The van der Waals surface area contributed by atoms with Crippen molar-refractivity contribution < 1.29 is 4.39 Å². The van der Waals surface area contributed by atoms with Crippen LogP contribution in [0.3, 0.4) is 0 Å². The molecule has 1 aromatic heterocycles. The maximum atomic E-state index is 13.9. The van der Waals surface area contributed by atoms with E-state index in [1.165, 1.54) is 17.4 Å². The van der Waals surface area contributed by atoms with Crippen molar-refractivity contribution in [3.8, 4) is 0 Å². The van der Waals surface area contributed by atoms with E-state index in [4.69, 9.17) is 0 Å². The van der Waals surface area contributed by atoms with Crippen molar-refractivity contribution >= 4 is 27.3 Å². The molecule has 0 bridgehead atoms. The third-order valence-electron chi connectivity index (χ3n) is 2.38. The number of hydrogen-bond donors (Lipinski definition) is 1. The standard InChI is InChI=1S/C12H12BrFN2S/c1-2-15-11(12-16-5-6-17-12)9-7-8(13)3-4-10(9)14/h3-7,11,15H,2H2,1H3. The number of halogens is 2. The smallest absolute Gasteiger partial charge is 0.128 e. The van der Waals surface area contributed by atoms with E-state index >= 15 is 0 Å². The molecule has 2 rings (SSSR count). The lowest BCUT2D eigenvalue weighted by Gasteiger charge is -2.16. The van der Waals surface area contributed by atoms with E-state index in [1.807, 2.05) is 12.3 Å². The summed E-state index contributed by atoms with van der Waals surface area (Å²) in [6.07, 6.45) is 1.74. The third-order valence-corrected chi connectivity index (χ3v) is 3.71. The molecule has 1 aromatic carbocycles. The average molecular weight is 315 g/mol. The van der Waals surface area contributed by atoms with Crippen LogP contribution in [0.5, 0.6) is 0 Å². The second kappa shape index (κ2) is 5.71. The highest BCUT2D eigenvalue weighted by Crippen LogP contribution is 2.28. The Morgan fingerprint density at radius 1 is 1.53 bits per heavy atom. The zero-order valence-electron chi connectivity index (χ0n) is 9.28. The van der Waals surface area contributed by atoms with E-state index < -0.39 is 0 Å². The molecule has 90 valence electrons. The van der Waals surface area contributed by atoms with Gasteiger partial charge in [-0.3, -0.25) is 0 Å². The second-order valence-electron chi connectivity index (χ2n) is 3.53. The van der Waals surface area contributed by atoms with E-state index in [2.05, 4.69) is 26.2 Å². The molecule has 0 aliphatic rings. The number of nitrogens with zero attached hydrogens (tertiary/aromatic N) is 1. The summed E-state index contributed by atoms with van der Waals surface area (Å²) in [5, 5.41) is 6.03. The molecule has 1 atom stereocenters. The average Bonchev–Trinajstić information content (AvgIpc) is 2.83. The van der Waals surface area contributed by atoms with Crippen molar-refractivity contribution in [1.29, 1.82) is 0 Å². The van der Waals surface area contributed by atoms with Gasteiger partial charge < -0.3 is 5.32 Å². The Hall–Kier alpha value is -0.780. The summed E-state index contributed by atoms with van der Waals surface area (Å²) < 4.78 is 14.7. The Bertz CT molecular complexity index is 487. The first-order valence-electron chi connectivity index (χ1n) is 5.30. The fourth-order valence-corrected chi connectivity index (χ4v) is 2.76. The van der Waals surface area contributed by atoms with Gasteiger partial charge >= 0.3 is 0 Å². The summed E-state index contributed by atoms with van der Waals surface area (Å²) in [7, 11) is 0. The summed E-state index contributed by atoms with van der Waals surface area (Å²) in [5.74, 6) is -0.214. The molecule has 0 fully saturated rings. The van der Waals surface area contributed by atoms with Gasteiger partial charge in [-0.2, -0.15) is 0 Å². The second-order valence-corrected chi connectivity index (χ2v) is 5.37. The number of rotatable bonds is 4. The van der Waals surface area contributed by atoms with E-state index in [-0.39, 0.29) is 11.9 Å². The topological polar surface area (TPSA) is 24.9 Å². The van der Waals surface area contributed by atoms with Gasteiger partial charge in [0.25, 0.3) is 0 Å². The highest BCUT2D eigenvalue weighted by molar-refractivity contribution is 9.10. The third kappa shape index (κ3) is 2.91. The quantitative estimate of drug-likeness (QED) is 0.929. The van der Waals surface area contributed by atoms with Gasteiger partial charge in [0, 0.05) is 21.6 Å². The van der Waals surface area contributed by atoms with Crippen LogP contribution < -0.4 is 5.32 Å². The molecule has 2 nitrogen and oxygen atoms in total. The molecule has 0 saturated carbocycles. The highest BCUT2D eigenvalue weighted by atomic mass is 79.9. The molecule has 0 aliphatic heterocycles. The van der Waals surface area contributed by atoms with Crippen LogP contribution in [-0.4, -0.2) is 11.5 Å². The Morgan fingerprint density at radius 2 is 2.35 bits per heavy atom. The molecule has 0 amide bonds. The SMILES string of the molecule is CCNC(c1nccs1)c1cc(Br)ccc1F. The first kappa shape index (κ1) is 12.7. The Balaban J connectivity index is 2.42. The molecule has 0 spiro atoms. The lowest BCUT2D eigenvalue weighted by atomic mass is 10.1. The minimum Gasteiger partial charge on any atom is -0.304 e. The molecule has 5 heteroatoms. The molecule has 0 saturated heterocycles. The van der Waals surface area contributed by atoms with Gasteiger partial charge in [0.1, 0.15) is 10.8 Å². The molecular formula is C12H12BrFN2S. The van der Waals surface area contributed by atoms with Gasteiger partial charge in [0.05, 0.1) is 6.04 Å². The fraction of sp³-hybridized carbons (Fsp3) is 0.250. The molecule has 2 aromatic rings. The van der Waals surface area contributed by atoms with E-state index in [1.54, 1.807) is 18.3 Å². The Morgan fingerprint density at radius 3 is 3.00 bits per heavy atom. The van der Waals surface area contributed by atoms with Crippen LogP contribution in [0.25, 0.3) is 0 Å². The number of benzene rings is 1. The van der Waals surface area contributed by atoms with Crippen LogP contribution >= 0.6 is 27.3 Å². The lowest BCUT2D eigenvalue weighted by Crippen LogP contribution is -2.22. The minimum atomic E-state index is -0.214. The zero-order chi connectivity index (χ0) is 12.3. The summed E-state index contributed by atoms with van der Waals surface area (Å²) in [6.45, 7) is 2.76. The summed E-state index contributed by atoms with van der Waals surface area (Å²) >= 11 is 4.89. The Labute approximate surface area is 112 Å².